The second kappa shape index (κ2) is 5.71. The lowest BCUT2D eigenvalue weighted by Crippen LogP contribution is -2.24. The van der Waals surface area contributed by atoms with Gasteiger partial charge in [0.1, 0.15) is 5.01 Å². The van der Waals surface area contributed by atoms with Crippen LogP contribution in [0.1, 0.15) is 55.9 Å². The Balaban J connectivity index is 1.93. The van der Waals surface area contributed by atoms with Gasteiger partial charge in [0.25, 0.3) is 0 Å². The standard InChI is InChI=1S/C17H21ClN2S/c1-17(2,3)14-10-21-16(20-14)15(19-13-7-8-13)11-5-4-6-12(18)9-11/h4-6,9-10,13,15,19H,7-8H2,1-3H3. The highest BCUT2D eigenvalue weighted by Crippen LogP contribution is 2.33. The van der Waals surface area contributed by atoms with Gasteiger partial charge in [-0.15, -0.1) is 11.3 Å². The Bertz CT molecular complexity index is 626. The van der Waals surface area contributed by atoms with Crippen molar-refractivity contribution >= 4 is 22.9 Å². The molecule has 21 heavy (non-hydrogen) atoms. The molecule has 0 saturated heterocycles. The molecule has 4 heteroatoms. The zero-order valence-electron chi connectivity index (χ0n) is 12.7. The van der Waals surface area contributed by atoms with Gasteiger partial charge in [0.15, 0.2) is 0 Å². The van der Waals surface area contributed by atoms with E-state index in [1.54, 1.807) is 11.3 Å². The maximum absolute atomic E-state index is 6.16. The molecule has 1 heterocycles. The van der Waals surface area contributed by atoms with E-state index < -0.39 is 0 Å². The third-order valence-electron chi connectivity index (χ3n) is 3.70. The summed E-state index contributed by atoms with van der Waals surface area (Å²) in [4.78, 5) is 4.88. The fraction of sp³-hybridized carbons (Fsp3) is 0.471. The molecular formula is C17H21ClN2S. The molecule has 2 aromatic rings. The van der Waals surface area contributed by atoms with Crippen molar-refractivity contribution in [1.29, 1.82) is 0 Å². The van der Waals surface area contributed by atoms with Crippen LogP contribution in [0.5, 0.6) is 0 Å². The van der Waals surface area contributed by atoms with Crippen molar-refractivity contribution < 1.29 is 0 Å². The summed E-state index contributed by atoms with van der Waals surface area (Å²) in [5, 5.41) is 7.80. The molecule has 1 aromatic carbocycles. The van der Waals surface area contributed by atoms with Crippen LogP contribution in [0.2, 0.25) is 5.02 Å². The van der Waals surface area contributed by atoms with Crippen LogP contribution in [0, 0.1) is 0 Å². The van der Waals surface area contributed by atoms with Crippen LogP contribution in [-0.2, 0) is 5.41 Å². The molecule has 1 fully saturated rings. The molecule has 0 amide bonds. The second-order valence-corrected chi connectivity index (χ2v) is 8.08. The number of hydrogen-bond acceptors (Lipinski definition) is 3. The Kier molecular flexibility index (Phi) is 4.08. The molecule has 112 valence electrons. The average molecular weight is 321 g/mol. The number of nitrogens with zero attached hydrogens (tertiary/aromatic N) is 1. The molecule has 0 spiro atoms. The van der Waals surface area contributed by atoms with Crippen molar-refractivity contribution in [2.24, 2.45) is 0 Å². The normalized spacial score (nSPS) is 17.0. The number of benzene rings is 1. The number of hydrogen-bond donors (Lipinski definition) is 1. The predicted octanol–water partition coefficient (Wildman–Crippen LogP) is 4.94. The first-order chi connectivity index (χ1) is 9.93. The first-order valence-corrected chi connectivity index (χ1v) is 8.66. The summed E-state index contributed by atoms with van der Waals surface area (Å²) in [6, 6.07) is 8.87. The molecule has 2 nitrogen and oxygen atoms in total. The quantitative estimate of drug-likeness (QED) is 0.863. The van der Waals surface area contributed by atoms with Gasteiger partial charge in [-0.1, -0.05) is 44.5 Å². The van der Waals surface area contributed by atoms with Gasteiger partial charge in [-0.2, -0.15) is 0 Å². The lowest BCUT2D eigenvalue weighted by atomic mass is 9.93. The third-order valence-corrected chi connectivity index (χ3v) is 4.84. The van der Waals surface area contributed by atoms with Gasteiger partial charge in [0.2, 0.25) is 0 Å². The van der Waals surface area contributed by atoms with E-state index >= 15 is 0 Å². The van der Waals surface area contributed by atoms with E-state index in [9.17, 15) is 0 Å². The fourth-order valence-corrected chi connectivity index (χ4v) is 3.58. The van der Waals surface area contributed by atoms with Gasteiger partial charge in [-0.05, 0) is 30.5 Å². The van der Waals surface area contributed by atoms with Gasteiger partial charge in [-0.3, -0.25) is 0 Å². The van der Waals surface area contributed by atoms with Gasteiger partial charge < -0.3 is 5.32 Å². The number of rotatable bonds is 4. The minimum absolute atomic E-state index is 0.0905. The monoisotopic (exact) mass is 320 g/mol. The summed E-state index contributed by atoms with van der Waals surface area (Å²) in [7, 11) is 0. The maximum atomic E-state index is 6.16. The first-order valence-electron chi connectivity index (χ1n) is 7.41. The van der Waals surface area contributed by atoms with Crippen LogP contribution >= 0.6 is 22.9 Å². The smallest absolute Gasteiger partial charge is 0.114 e. The summed E-state index contributed by atoms with van der Waals surface area (Å²) < 4.78 is 0. The topological polar surface area (TPSA) is 24.9 Å². The van der Waals surface area contributed by atoms with Crippen molar-refractivity contribution in [1.82, 2.24) is 10.3 Å². The van der Waals surface area contributed by atoms with Crippen molar-refractivity contribution in [3.05, 3.63) is 50.9 Å². The minimum atomic E-state index is 0.0905. The van der Waals surface area contributed by atoms with E-state index in [2.05, 4.69) is 37.5 Å². The van der Waals surface area contributed by atoms with Crippen LogP contribution in [0.4, 0.5) is 0 Å². The molecule has 1 saturated carbocycles. The molecule has 1 aliphatic carbocycles. The first kappa shape index (κ1) is 15.0. The average Bonchev–Trinajstić information content (AvgIpc) is 3.08. The Morgan fingerprint density at radius 1 is 1.33 bits per heavy atom. The van der Waals surface area contributed by atoms with Gasteiger partial charge in [0, 0.05) is 21.9 Å². The SMILES string of the molecule is CC(C)(C)c1csc(C(NC2CC2)c2cccc(Cl)c2)n1. The molecule has 1 atom stereocenters. The van der Waals surface area contributed by atoms with E-state index in [0.29, 0.717) is 6.04 Å². The molecule has 0 aliphatic heterocycles. The van der Waals surface area contributed by atoms with E-state index in [1.165, 1.54) is 18.4 Å². The van der Waals surface area contributed by atoms with Crippen molar-refractivity contribution in [3.63, 3.8) is 0 Å². The van der Waals surface area contributed by atoms with Crippen molar-refractivity contribution in [3.8, 4) is 0 Å². The van der Waals surface area contributed by atoms with Crippen LogP contribution in [-0.4, -0.2) is 11.0 Å². The zero-order chi connectivity index (χ0) is 15.0. The summed E-state index contributed by atoms with van der Waals surface area (Å²) >= 11 is 7.90. The number of halogens is 1. The highest BCUT2D eigenvalue weighted by atomic mass is 35.5. The van der Waals surface area contributed by atoms with Crippen molar-refractivity contribution in [2.45, 2.75) is 51.1 Å². The Labute approximate surface area is 135 Å². The molecule has 3 rings (SSSR count). The van der Waals surface area contributed by atoms with Gasteiger partial charge in [-0.25, -0.2) is 4.98 Å². The highest BCUT2D eigenvalue weighted by Gasteiger charge is 2.29. The number of thiazole rings is 1. The summed E-state index contributed by atoms with van der Waals surface area (Å²) in [5.41, 5.74) is 2.45. The fourth-order valence-electron chi connectivity index (χ4n) is 2.25. The summed E-state index contributed by atoms with van der Waals surface area (Å²) in [6.07, 6.45) is 2.52. The van der Waals surface area contributed by atoms with Crippen LogP contribution < -0.4 is 5.32 Å². The Hall–Kier alpha value is -0.900. The van der Waals surface area contributed by atoms with Crippen molar-refractivity contribution in [2.75, 3.05) is 0 Å². The van der Waals surface area contributed by atoms with Gasteiger partial charge >= 0.3 is 0 Å². The molecule has 1 aliphatic rings. The largest absolute Gasteiger partial charge is 0.301 e. The molecule has 1 N–H and O–H groups in total. The zero-order valence-corrected chi connectivity index (χ0v) is 14.3. The molecule has 0 bridgehead atoms. The maximum Gasteiger partial charge on any atom is 0.114 e. The Morgan fingerprint density at radius 3 is 2.67 bits per heavy atom. The molecular weight excluding hydrogens is 300 g/mol. The highest BCUT2D eigenvalue weighted by molar-refractivity contribution is 7.09. The molecule has 1 unspecified atom stereocenters. The second-order valence-electron chi connectivity index (χ2n) is 6.75. The number of aromatic nitrogens is 1. The van der Waals surface area contributed by atoms with E-state index in [0.717, 1.165) is 15.7 Å². The third kappa shape index (κ3) is 3.65. The van der Waals surface area contributed by atoms with Crippen LogP contribution in [0.25, 0.3) is 0 Å². The van der Waals surface area contributed by atoms with E-state index in [-0.39, 0.29) is 11.5 Å². The summed E-state index contributed by atoms with van der Waals surface area (Å²) in [6.45, 7) is 6.61. The molecule has 1 aromatic heterocycles. The van der Waals surface area contributed by atoms with Crippen LogP contribution in [0.15, 0.2) is 29.6 Å². The lowest BCUT2D eigenvalue weighted by Gasteiger charge is -2.18. The van der Waals surface area contributed by atoms with E-state index in [4.69, 9.17) is 16.6 Å². The Morgan fingerprint density at radius 2 is 2.10 bits per heavy atom. The predicted molar refractivity (Wildman–Crippen MR) is 90.3 cm³/mol. The number of nitrogens with one attached hydrogen (secondary N) is 1. The molecule has 0 radical (unpaired) electrons. The van der Waals surface area contributed by atoms with E-state index in [1.807, 2.05) is 18.2 Å². The minimum Gasteiger partial charge on any atom is -0.301 e. The lowest BCUT2D eigenvalue weighted by molar-refractivity contribution is 0.557. The summed E-state index contributed by atoms with van der Waals surface area (Å²) in [5.74, 6) is 0. The van der Waals surface area contributed by atoms with Crippen LogP contribution in [0.3, 0.4) is 0 Å². The van der Waals surface area contributed by atoms with Gasteiger partial charge in [0.05, 0.1) is 11.7 Å².